The maximum absolute atomic E-state index is 12.3. The summed E-state index contributed by atoms with van der Waals surface area (Å²) in [4.78, 5) is 23.0. The van der Waals surface area contributed by atoms with Gasteiger partial charge in [-0.3, -0.25) is 10.1 Å². The van der Waals surface area contributed by atoms with Gasteiger partial charge in [0.2, 0.25) is 0 Å². The van der Waals surface area contributed by atoms with Crippen molar-refractivity contribution in [3.05, 3.63) is 82.0 Å². The molecule has 0 unspecified atom stereocenters. The quantitative estimate of drug-likeness (QED) is 0.385. The number of nitro benzene ring substituents is 1. The van der Waals surface area contributed by atoms with E-state index in [9.17, 15) is 14.9 Å². The highest BCUT2D eigenvalue weighted by atomic mass is 16.6. The van der Waals surface area contributed by atoms with Gasteiger partial charge in [0.15, 0.2) is 0 Å². The molecule has 0 amide bonds. The Hall–Kier alpha value is -3.41. The predicted molar refractivity (Wildman–Crippen MR) is 98.6 cm³/mol. The van der Waals surface area contributed by atoms with E-state index in [1.807, 2.05) is 41.8 Å². The molecule has 0 aliphatic heterocycles. The minimum atomic E-state index is -0.432. The van der Waals surface area contributed by atoms with E-state index in [0.29, 0.717) is 16.8 Å². The van der Waals surface area contributed by atoms with Crippen LogP contribution in [0.5, 0.6) is 0 Å². The van der Waals surface area contributed by atoms with Crippen LogP contribution in [0.3, 0.4) is 0 Å². The van der Waals surface area contributed by atoms with Gasteiger partial charge >= 0.3 is 5.97 Å². The monoisotopic (exact) mass is 350 g/mol. The first-order chi connectivity index (χ1) is 12.5. The van der Waals surface area contributed by atoms with Crippen LogP contribution < -0.4 is 0 Å². The van der Waals surface area contributed by atoms with Gasteiger partial charge in [-0.15, -0.1) is 0 Å². The summed E-state index contributed by atoms with van der Waals surface area (Å²) in [5, 5.41) is 11.1. The molecule has 132 valence electrons. The summed E-state index contributed by atoms with van der Waals surface area (Å²) in [6, 6.07) is 17.6. The summed E-state index contributed by atoms with van der Waals surface area (Å²) in [5.74, 6) is -0.411. The van der Waals surface area contributed by atoms with Gasteiger partial charge in [-0.2, -0.15) is 0 Å². The summed E-state index contributed by atoms with van der Waals surface area (Å²) in [7, 11) is 0. The van der Waals surface area contributed by atoms with Crippen LogP contribution in [0.2, 0.25) is 0 Å². The molecule has 6 heteroatoms. The van der Waals surface area contributed by atoms with Crippen LogP contribution >= 0.6 is 0 Å². The van der Waals surface area contributed by atoms with Crippen molar-refractivity contribution in [2.75, 3.05) is 6.61 Å². The molecule has 0 spiro atoms. The van der Waals surface area contributed by atoms with Gasteiger partial charge in [-0.25, -0.2) is 4.79 Å². The number of carbonyl (C=O) groups excluding carboxylic acids is 1. The minimum Gasteiger partial charge on any atom is -0.462 e. The van der Waals surface area contributed by atoms with Crippen LogP contribution in [-0.4, -0.2) is 22.1 Å². The first kappa shape index (κ1) is 17.4. The molecule has 2 aromatic carbocycles. The topological polar surface area (TPSA) is 74.4 Å². The highest BCUT2D eigenvalue weighted by Gasteiger charge is 2.21. The molecule has 0 saturated carbocycles. The summed E-state index contributed by atoms with van der Waals surface area (Å²) >= 11 is 0. The lowest BCUT2D eigenvalue weighted by molar-refractivity contribution is -0.384. The Morgan fingerprint density at radius 3 is 2.50 bits per heavy atom. The number of non-ortho nitro benzene ring substituents is 1. The normalized spacial score (nSPS) is 10.5. The summed E-state index contributed by atoms with van der Waals surface area (Å²) in [6.07, 6.45) is 0. The Morgan fingerprint density at radius 1 is 1.12 bits per heavy atom. The second kappa shape index (κ2) is 7.23. The first-order valence-corrected chi connectivity index (χ1v) is 8.22. The zero-order valence-electron chi connectivity index (χ0n) is 14.5. The Kier molecular flexibility index (Phi) is 4.84. The highest BCUT2D eigenvalue weighted by molar-refractivity contribution is 5.93. The van der Waals surface area contributed by atoms with Crippen LogP contribution in [0.25, 0.3) is 16.9 Å². The van der Waals surface area contributed by atoms with E-state index in [2.05, 4.69) is 0 Å². The largest absolute Gasteiger partial charge is 0.462 e. The van der Waals surface area contributed by atoms with Crippen molar-refractivity contribution in [3.63, 3.8) is 0 Å². The maximum atomic E-state index is 12.3. The van der Waals surface area contributed by atoms with E-state index in [1.165, 1.54) is 12.1 Å². The molecule has 0 fully saturated rings. The van der Waals surface area contributed by atoms with Gasteiger partial charge in [0.1, 0.15) is 0 Å². The second-order valence-corrected chi connectivity index (χ2v) is 5.73. The number of para-hydroxylation sites is 1. The summed E-state index contributed by atoms with van der Waals surface area (Å²) in [5.41, 5.74) is 3.37. The first-order valence-electron chi connectivity index (χ1n) is 8.22. The molecular weight excluding hydrogens is 332 g/mol. The number of benzene rings is 2. The molecule has 0 aliphatic carbocycles. The van der Waals surface area contributed by atoms with E-state index < -0.39 is 10.9 Å². The van der Waals surface area contributed by atoms with E-state index >= 15 is 0 Å². The van der Waals surface area contributed by atoms with Crippen molar-refractivity contribution < 1.29 is 14.5 Å². The van der Waals surface area contributed by atoms with Crippen LogP contribution in [0.4, 0.5) is 5.69 Å². The number of hydrogen-bond donors (Lipinski definition) is 0. The third kappa shape index (κ3) is 3.21. The second-order valence-electron chi connectivity index (χ2n) is 5.73. The lowest BCUT2D eigenvalue weighted by atomic mass is 10.1. The van der Waals surface area contributed by atoms with Crippen molar-refractivity contribution in [1.29, 1.82) is 0 Å². The van der Waals surface area contributed by atoms with E-state index in [4.69, 9.17) is 4.74 Å². The van der Waals surface area contributed by atoms with Crippen molar-refractivity contribution >= 4 is 11.7 Å². The van der Waals surface area contributed by atoms with Crippen molar-refractivity contribution in [1.82, 2.24) is 4.57 Å². The smallest absolute Gasteiger partial charge is 0.339 e. The number of esters is 1. The van der Waals surface area contributed by atoms with Gasteiger partial charge in [-0.1, -0.05) is 30.3 Å². The molecular formula is C20H18N2O4. The van der Waals surface area contributed by atoms with E-state index in [0.717, 1.165) is 11.4 Å². The standard InChI is InChI=1S/C20H18N2O4/c1-3-26-20(23)18-13-19(15-8-7-11-17(12-15)22(24)25)21(14(18)2)16-9-5-4-6-10-16/h4-13H,3H2,1-2H3. The zero-order valence-corrected chi connectivity index (χ0v) is 14.5. The molecule has 6 nitrogen and oxygen atoms in total. The lowest BCUT2D eigenvalue weighted by Crippen LogP contribution is -2.06. The molecule has 0 radical (unpaired) electrons. The van der Waals surface area contributed by atoms with Gasteiger partial charge < -0.3 is 9.30 Å². The molecule has 0 aliphatic rings. The van der Waals surface area contributed by atoms with Gasteiger partial charge in [-0.05, 0) is 32.0 Å². The third-order valence-electron chi connectivity index (χ3n) is 4.11. The SMILES string of the molecule is CCOC(=O)c1cc(-c2cccc([N+](=O)[O-])c2)n(-c2ccccc2)c1C. The molecule has 0 atom stereocenters. The highest BCUT2D eigenvalue weighted by Crippen LogP contribution is 2.31. The average molecular weight is 350 g/mol. The molecule has 3 aromatic rings. The Balaban J connectivity index is 2.23. The van der Waals surface area contributed by atoms with Gasteiger partial charge in [0.05, 0.1) is 22.8 Å². The fraction of sp³-hybridized carbons (Fsp3) is 0.150. The third-order valence-corrected chi connectivity index (χ3v) is 4.11. The maximum Gasteiger partial charge on any atom is 0.339 e. The molecule has 3 rings (SSSR count). The van der Waals surface area contributed by atoms with Crippen molar-refractivity contribution in [2.45, 2.75) is 13.8 Å². The number of rotatable bonds is 5. The number of carbonyl (C=O) groups is 1. The minimum absolute atomic E-state index is 0.00125. The average Bonchev–Trinajstić information content (AvgIpc) is 3.00. The Morgan fingerprint density at radius 2 is 1.85 bits per heavy atom. The van der Waals surface area contributed by atoms with Gasteiger partial charge in [0.25, 0.3) is 5.69 Å². The fourth-order valence-electron chi connectivity index (χ4n) is 2.92. The van der Waals surface area contributed by atoms with Crippen LogP contribution in [0.15, 0.2) is 60.7 Å². The van der Waals surface area contributed by atoms with Crippen molar-refractivity contribution in [3.8, 4) is 16.9 Å². The molecule has 1 heterocycles. The number of nitrogens with zero attached hydrogens (tertiary/aromatic N) is 2. The van der Waals surface area contributed by atoms with E-state index in [1.54, 1.807) is 25.1 Å². The zero-order chi connectivity index (χ0) is 18.7. The number of aromatic nitrogens is 1. The predicted octanol–water partition coefficient (Wildman–Crippen LogP) is 4.54. The molecule has 0 saturated heterocycles. The van der Waals surface area contributed by atoms with E-state index in [-0.39, 0.29) is 12.3 Å². The van der Waals surface area contributed by atoms with Crippen LogP contribution in [0, 0.1) is 17.0 Å². The molecule has 1 aromatic heterocycles. The molecule has 0 bridgehead atoms. The number of nitro groups is 1. The van der Waals surface area contributed by atoms with Crippen LogP contribution in [-0.2, 0) is 4.74 Å². The lowest BCUT2D eigenvalue weighted by Gasteiger charge is -2.12. The fourth-order valence-corrected chi connectivity index (χ4v) is 2.92. The Bertz CT molecular complexity index is 961. The van der Waals surface area contributed by atoms with Crippen LogP contribution in [0.1, 0.15) is 23.0 Å². The summed E-state index contributed by atoms with van der Waals surface area (Å²) < 4.78 is 7.06. The number of hydrogen-bond acceptors (Lipinski definition) is 4. The number of ether oxygens (including phenoxy) is 1. The van der Waals surface area contributed by atoms with Gasteiger partial charge in [0, 0.05) is 29.1 Å². The molecule has 26 heavy (non-hydrogen) atoms. The molecule has 0 N–H and O–H groups in total. The van der Waals surface area contributed by atoms with Crippen molar-refractivity contribution in [2.24, 2.45) is 0 Å². The summed E-state index contributed by atoms with van der Waals surface area (Å²) in [6.45, 7) is 3.87. The Labute approximate surface area is 150 Å².